The number of nitrogens with zero attached hydrogens (tertiary/aromatic N) is 1. The number of halogens is 1. The molecule has 0 fully saturated rings. The van der Waals surface area contributed by atoms with Gasteiger partial charge in [-0.2, -0.15) is 0 Å². The number of carbonyl (C=O) groups is 1. The molecule has 1 aromatic heterocycles. The van der Waals surface area contributed by atoms with Crippen molar-refractivity contribution in [3.05, 3.63) is 28.3 Å². The number of carbonyl (C=O) groups excluding carboxylic acids is 1. The smallest absolute Gasteiger partial charge is 0.328 e. The number of fused-ring (bicyclic) bond motifs is 1. The highest BCUT2D eigenvalue weighted by molar-refractivity contribution is 7.71. The molecule has 6 heteroatoms. The molecule has 0 amide bonds. The highest BCUT2D eigenvalue weighted by atomic mass is 32.1. The van der Waals surface area contributed by atoms with E-state index in [1.807, 2.05) is 0 Å². The molecule has 18 heavy (non-hydrogen) atoms. The Morgan fingerprint density at radius 2 is 2.22 bits per heavy atom. The average molecular weight is 268 g/mol. The van der Waals surface area contributed by atoms with E-state index in [4.69, 9.17) is 17.0 Å². The summed E-state index contributed by atoms with van der Waals surface area (Å²) in [5.74, 6) is -0.703. The van der Waals surface area contributed by atoms with Crippen molar-refractivity contribution in [2.24, 2.45) is 0 Å². The molecular weight excluding hydrogens is 255 g/mol. The van der Waals surface area contributed by atoms with Gasteiger partial charge in [0.05, 0.1) is 18.1 Å². The number of hydrogen-bond acceptors (Lipinski definition) is 3. The van der Waals surface area contributed by atoms with Crippen LogP contribution in [0.3, 0.4) is 0 Å². The molecule has 1 heterocycles. The number of aromatic nitrogens is 2. The maximum Gasteiger partial charge on any atom is 0.328 e. The Morgan fingerprint density at radius 1 is 1.56 bits per heavy atom. The summed E-state index contributed by atoms with van der Waals surface area (Å²) in [4.78, 5) is 14.5. The van der Waals surface area contributed by atoms with Crippen molar-refractivity contribution in [3.8, 4) is 0 Å². The lowest BCUT2D eigenvalue weighted by Gasteiger charge is -2.12. The van der Waals surface area contributed by atoms with E-state index in [-0.39, 0.29) is 5.82 Å². The first kappa shape index (κ1) is 12.8. The summed E-state index contributed by atoms with van der Waals surface area (Å²) >= 11 is 5.16. The first-order chi connectivity index (χ1) is 8.45. The number of aromatic amines is 1. The third kappa shape index (κ3) is 1.92. The van der Waals surface area contributed by atoms with E-state index in [1.54, 1.807) is 24.5 Å². The normalized spacial score (nSPS) is 12.7. The number of rotatable bonds is 2. The minimum atomic E-state index is -0.555. The summed E-state index contributed by atoms with van der Waals surface area (Å²) in [6.07, 6.45) is 0. The fourth-order valence-corrected chi connectivity index (χ4v) is 2.28. The van der Waals surface area contributed by atoms with Gasteiger partial charge in [-0.3, -0.25) is 0 Å². The van der Waals surface area contributed by atoms with Crippen LogP contribution < -0.4 is 0 Å². The maximum atomic E-state index is 13.5. The van der Waals surface area contributed by atoms with Crippen molar-refractivity contribution in [3.63, 3.8) is 0 Å². The summed E-state index contributed by atoms with van der Waals surface area (Å²) in [5.41, 5.74) is 1.76. The van der Waals surface area contributed by atoms with Crippen molar-refractivity contribution >= 4 is 29.2 Å². The van der Waals surface area contributed by atoms with Crippen LogP contribution in [0.1, 0.15) is 18.5 Å². The van der Waals surface area contributed by atoms with Gasteiger partial charge in [-0.05, 0) is 43.8 Å². The molecule has 0 aliphatic rings. The Bertz CT molecular complexity index is 675. The van der Waals surface area contributed by atoms with Gasteiger partial charge >= 0.3 is 5.97 Å². The van der Waals surface area contributed by atoms with Crippen LogP contribution >= 0.6 is 12.2 Å². The van der Waals surface area contributed by atoms with Gasteiger partial charge in [-0.25, -0.2) is 9.18 Å². The minimum absolute atomic E-state index is 0.309. The predicted octanol–water partition coefficient (Wildman–Crippen LogP) is 2.88. The number of benzene rings is 1. The highest BCUT2D eigenvalue weighted by Gasteiger charge is 2.19. The van der Waals surface area contributed by atoms with E-state index >= 15 is 0 Å². The van der Waals surface area contributed by atoms with Crippen molar-refractivity contribution in [2.75, 3.05) is 7.11 Å². The van der Waals surface area contributed by atoms with Crippen LogP contribution in [0.25, 0.3) is 11.0 Å². The van der Waals surface area contributed by atoms with E-state index in [1.165, 1.54) is 13.2 Å². The second-order valence-electron chi connectivity index (χ2n) is 4.12. The molecule has 2 rings (SSSR count). The SMILES string of the molecule is COC(=O)C(C)n1c(=S)[nH]c2cc(F)c(C)cc21. The average Bonchev–Trinajstić information content (AvgIpc) is 2.63. The lowest BCUT2D eigenvalue weighted by atomic mass is 10.2. The van der Waals surface area contributed by atoms with Crippen LogP contribution in [-0.2, 0) is 9.53 Å². The molecule has 1 unspecified atom stereocenters. The van der Waals surface area contributed by atoms with Gasteiger partial charge in [0, 0.05) is 0 Å². The Balaban J connectivity index is 2.71. The number of methoxy groups -OCH3 is 1. The molecule has 0 radical (unpaired) electrons. The Kier molecular flexibility index (Phi) is 3.21. The molecule has 96 valence electrons. The van der Waals surface area contributed by atoms with Crippen molar-refractivity contribution in [2.45, 2.75) is 19.9 Å². The third-order valence-electron chi connectivity index (χ3n) is 2.93. The van der Waals surface area contributed by atoms with Crippen molar-refractivity contribution < 1.29 is 13.9 Å². The molecule has 0 saturated heterocycles. The maximum absolute atomic E-state index is 13.5. The van der Waals surface area contributed by atoms with Gasteiger partial charge < -0.3 is 14.3 Å². The number of nitrogens with one attached hydrogen (secondary N) is 1. The summed E-state index contributed by atoms with van der Waals surface area (Å²) in [6, 6.07) is 2.48. The monoisotopic (exact) mass is 268 g/mol. The predicted molar refractivity (Wildman–Crippen MR) is 68.5 cm³/mol. The van der Waals surface area contributed by atoms with E-state index in [9.17, 15) is 9.18 Å². The molecule has 0 spiro atoms. The molecular formula is C12H13FN2O2S. The molecule has 1 aromatic carbocycles. The fourth-order valence-electron chi connectivity index (χ4n) is 1.91. The largest absolute Gasteiger partial charge is 0.467 e. The van der Waals surface area contributed by atoms with Crippen LogP contribution in [0.5, 0.6) is 0 Å². The van der Waals surface area contributed by atoms with Crippen LogP contribution in [0.4, 0.5) is 4.39 Å². The molecule has 1 N–H and O–H groups in total. The van der Waals surface area contributed by atoms with Crippen molar-refractivity contribution in [1.29, 1.82) is 0 Å². The summed E-state index contributed by atoms with van der Waals surface area (Å²) in [7, 11) is 1.32. The lowest BCUT2D eigenvalue weighted by Crippen LogP contribution is -2.17. The molecule has 1 atom stereocenters. The summed E-state index contributed by atoms with van der Waals surface area (Å²) in [6.45, 7) is 3.35. The summed E-state index contributed by atoms with van der Waals surface area (Å²) < 4.78 is 20.2. The van der Waals surface area contributed by atoms with E-state index in [2.05, 4.69) is 4.98 Å². The zero-order valence-electron chi connectivity index (χ0n) is 10.3. The topological polar surface area (TPSA) is 47.0 Å². The van der Waals surface area contributed by atoms with Crippen LogP contribution in [0, 0.1) is 17.5 Å². The second kappa shape index (κ2) is 4.53. The molecule has 0 bridgehead atoms. The molecule has 0 saturated carbocycles. The Hall–Kier alpha value is -1.69. The molecule has 0 aliphatic carbocycles. The van der Waals surface area contributed by atoms with E-state index < -0.39 is 12.0 Å². The van der Waals surface area contributed by atoms with Gasteiger partial charge in [0.15, 0.2) is 4.77 Å². The second-order valence-corrected chi connectivity index (χ2v) is 4.50. The third-order valence-corrected chi connectivity index (χ3v) is 3.23. The standard InChI is InChI=1S/C12H13FN2O2S/c1-6-4-10-9(5-8(6)13)14-12(18)15(10)7(2)11(16)17-3/h4-5,7H,1-3H3,(H,14,18). The van der Waals surface area contributed by atoms with Crippen molar-refractivity contribution in [1.82, 2.24) is 9.55 Å². The first-order valence-corrected chi connectivity index (χ1v) is 5.84. The van der Waals surface area contributed by atoms with Gasteiger partial charge in [-0.1, -0.05) is 0 Å². The van der Waals surface area contributed by atoms with Gasteiger partial charge in [0.25, 0.3) is 0 Å². The fraction of sp³-hybridized carbons (Fsp3) is 0.333. The molecule has 2 aromatic rings. The minimum Gasteiger partial charge on any atom is -0.467 e. The van der Waals surface area contributed by atoms with Crippen LogP contribution in [-0.4, -0.2) is 22.6 Å². The quantitative estimate of drug-likeness (QED) is 0.673. The number of aryl methyl sites for hydroxylation is 1. The number of hydrogen-bond donors (Lipinski definition) is 1. The Morgan fingerprint density at radius 3 is 2.83 bits per heavy atom. The van der Waals surface area contributed by atoms with Gasteiger partial charge in [0.1, 0.15) is 11.9 Å². The number of H-pyrrole nitrogens is 1. The van der Waals surface area contributed by atoms with E-state index in [0.717, 1.165) is 0 Å². The lowest BCUT2D eigenvalue weighted by molar-refractivity contribution is -0.143. The van der Waals surface area contributed by atoms with Gasteiger partial charge in [-0.15, -0.1) is 0 Å². The molecule has 0 aliphatic heterocycles. The Labute approximate surface area is 108 Å². The molecule has 4 nitrogen and oxygen atoms in total. The van der Waals surface area contributed by atoms with Crippen LogP contribution in [0.2, 0.25) is 0 Å². The number of esters is 1. The summed E-state index contributed by atoms with van der Waals surface area (Å²) in [5, 5.41) is 0. The number of ether oxygens (including phenoxy) is 1. The number of imidazole rings is 1. The highest BCUT2D eigenvalue weighted by Crippen LogP contribution is 2.22. The first-order valence-electron chi connectivity index (χ1n) is 5.44. The zero-order valence-corrected chi connectivity index (χ0v) is 11.1. The van der Waals surface area contributed by atoms with Gasteiger partial charge in [0.2, 0.25) is 0 Å². The van der Waals surface area contributed by atoms with Crippen LogP contribution in [0.15, 0.2) is 12.1 Å². The van der Waals surface area contributed by atoms with E-state index in [0.29, 0.717) is 21.4 Å². The zero-order chi connectivity index (χ0) is 13.4.